The molecule has 1 N–H and O–H groups in total. The maximum absolute atomic E-state index is 12.5. The van der Waals surface area contributed by atoms with Crippen LogP contribution in [0.1, 0.15) is 5.69 Å². The molecule has 0 saturated carbocycles. The molecule has 0 saturated heterocycles. The van der Waals surface area contributed by atoms with Gasteiger partial charge in [0.15, 0.2) is 18.1 Å². The first-order valence-corrected chi connectivity index (χ1v) is 10.7. The predicted octanol–water partition coefficient (Wildman–Crippen LogP) is 4.34. The van der Waals surface area contributed by atoms with Crippen LogP contribution in [0.2, 0.25) is 0 Å². The van der Waals surface area contributed by atoms with Gasteiger partial charge in [-0.2, -0.15) is 9.78 Å². The number of aromatic nitrogens is 3. The molecule has 32 heavy (non-hydrogen) atoms. The lowest BCUT2D eigenvalue weighted by atomic mass is 10.2. The number of carbonyl (C=O) groups excluding carboxylic acids is 1. The summed E-state index contributed by atoms with van der Waals surface area (Å²) in [5.41, 5.74) is 2.54. The number of rotatable bonds is 8. The Morgan fingerprint density at radius 1 is 1.06 bits per heavy atom. The third kappa shape index (κ3) is 4.73. The Morgan fingerprint density at radius 2 is 1.81 bits per heavy atom. The summed E-state index contributed by atoms with van der Waals surface area (Å²) in [4.78, 5) is 17.2. The Morgan fingerprint density at radius 3 is 2.53 bits per heavy atom. The molecule has 0 bridgehead atoms. The highest BCUT2D eigenvalue weighted by Crippen LogP contribution is 2.28. The van der Waals surface area contributed by atoms with Crippen LogP contribution in [0.5, 0.6) is 17.2 Å². The minimum atomic E-state index is -0.316. The number of thiazole rings is 1. The molecular weight excluding hydrogens is 428 g/mol. The molecule has 0 unspecified atom stereocenters. The summed E-state index contributed by atoms with van der Waals surface area (Å²) in [6, 6.07) is 16.6. The minimum Gasteiger partial charge on any atom is -0.497 e. The summed E-state index contributed by atoms with van der Waals surface area (Å²) in [5.74, 6) is 2.05. The number of nitrogens with zero attached hydrogens (tertiary/aromatic N) is 3. The molecule has 4 aromatic rings. The highest BCUT2D eigenvalue weighted by atomic mass is 32.1. The Bertz CT molecular complexity index is 1220. The number of para-hydroxylation sites is 2. The Balaban J connectivity index is 1.48. The first-order chi connectivity index (χ1) is 15.6. The fraction of sp³-hybridized carbons (Fsp3) is 0.174. The van der Waals surface area contributed by atoms with Crippen LogP contribution in [-0.4, -0.2) is 41.5 Å². The second kappa shape index (κ2) is 9.52. The van der Waals surface area contributed by atoms with Gasteiger partial charge in [0.05, 0.1) is 25.6 Å². The summed E-state index contributed by atoms with van der Waals surface area (Å²) >= 11 is 1.44. The normalized spacial score (nSPS) is 10.6. The topological polar surface area (TPSA) is 87.5 Å². The summed E-state index contributed by atoms with van der Waals surface area (Å²) in [6.45, 7) is 1.69. The number of aryl methyl sites for hydroxylation is 1. The van der Waals surface area contributed by atoms with Gasteiger partial charge in [-0.15, -0.1) is 11.3 Å². The molecule has 0 aliphatic heterocycles. The van der Waals surface area contributed by atoms with Gasteiger partial charge in [0, 0.05) is 17.0 Å². The zero-order valence-corrected chi connectivity index (χ0v) is 18.7. The lowest BCUT2D eigenvalue weighted by Crippen LogP contribution is -2.22. The molecule has 2 heterocycles. The van der Waals surface area contributed by atoms with Crippen LogP contribution in [0.15, 0.2) is 60.0 Å². The SMILES string of the molecule is COc1ccc(-c2csc(-n3nc(C)cc3NC(=O)COc3ccccc3OC)n2)cc1. The molecule has 0 spiro atoms. The van der Waals surface area contributed by atoms with Crippen molar-refractivity contribution in [2.45, 2.75) is 6.92 Å². The minimum absolute atomic E-state index is 0.167. The summed E-state index contributed by atoms with van der Waals surface area (Å²) in [5, 5.41) is 9.92. The number of hydrogen-bond donors (Lipinski definition) is 1. The summed E-state index contributed by atoms with van der Waals surface area (Å²) in [6.07, 6.45) is 0. The predicted molar refractivity (Wildman–Crippen MR) is 123 cm³/mol. The lowest BCUT2D eigenvalue weighted by molar-refractivity contribution is -0.118. The highest BCUT2D eigenvalue weighted by molar-refractivity contribution is 7.12. The average Bonchev–Trinajstić information content (AvgIpc) is 3.44. The fourth-order valence-electron chi connectivity index (χ4n) is 3.05. The van der Waals surface area contributed by atoms with Crippen LogP contribution < -0.4 is 19.5 Å². The van der Waals surface area contributed by atoms with Gasteiger partial charge in [-0.3, -0.25) is 4.79 Å². The Hall–Kier alpha value is -3.85. The van der Waals surface area contributed by atoms with E-state index in [0.717, 1.165) is 22.7 Å². The molecule has 4 rings (SSSR count). The zero-order valence-electron chi connectivity index (χ0n) is 17.9. The number of methoxy groups -OCH3 is 2. The molecule has 8 nitrogen and oxygen atoms in total. The van der Waals surface area contributed by atoms with Gasteiger partial charge in [-0.05, 0) is 43.3 Å². The second-order valence-electron chi connectivity index (χ2n) is 6.81. The van der Waals surface area contributed by atoms with E-state index in [0.29, 0.717) is 22.4 Å². The number of hydrogen-bond acceptors (Lipinski definition) is 7. The quantitative estimate of drug-likeness (QED) is 0.430. The van der Waals surface area contributed by atoms with Crippen molar-refractivity contribution < 1.29 is 19.0 Å². The van der Waals surface area contributed by atoms with Gasteiger partial charge in [-0.1, -0.05) is 12.1 Å². The van der Waals surface area contributed by atoms with Crippen molar-refractivity contribution in [1.82, 2.24) is 14.8 Å². The van der Waals surface area contributed by atoms with Crippen molar-refractivity contribution in [1.29, 1.82) is 0 Å². The number of amides is 1. The smallest absolute Gasteiger partial charge is 0.263 e. The van der Waals surface area contributed by atoms with E-state index in [-0.39, 0.29) is 12.5 Å². The first-order valence-electron chi connectivity index (χ1n) is 9.80. The zero-order chi connectivity index (χ0) is 22.5. The molecule has 0 aliphatic carbocycles. The number of ether oxygens (including phenoxy) is 3. The van der Waals surface area contributed by atoms with Crippen molar-refractivity contribution >= 4 is 23.1 Å². The van der Waals surface area contributed by atoms with Crippen molar-refractivity contribution in [3.8, 4) is 33.6 Å². The van der Waals surface area contributed by atoms with E-state index in [1.807, 2.05) is 48.7 Å². The van der Waals surface area contributed by atoms with E-state index in [2.05, 4.69) is 15.4 Å². The van der Waals surface area contributed by atoms with E-state index < -0.39 is 0 Å². The third-order valence-corrected chi connectivity index (χ3v) is 5.40. The maximum Gasteiger partial charge on any atom is 0.263 e. The number of anilines is 1. The third-order valence-electron chi connectivity index (χ3n) is 4.59. The van der Waals surface area contributed by atoms with Crippen molar-refractivity contribution in [2.24, 2.45) is 0 Å². The van der Waals surface area contributed by atoms with Crippen LogP contribution in [0.3, 0.4) is 0 Å². The fourth-order valence-corrected chi connectivity index (χ4v) is 3.85. The standard InChI is InChI=1S/C23H22N4O4S/c1-15-12-21(25-22(28)13-31-20-7-5-4-6-19(20)30-3)27(26-15)23-24-18(14-32-23)16-8-10-17(29-2)11-9-16/h4-12,14H,13H2,1-3H3,(H,25,28). The molecule has 0 atom stereocenters. The maximum atomic E-state index is 12.5. The van der Waals surface area contributed by atoms with Crippen LogP contribution in [0.25, 0.3) is 16.4 Å². The van der Waals surface area contributed by atoms with Crippen molar-refractivity contribution in [3.63, 3.8) is 0 Å². The highest BCUT2D eigenvalue weighted by Gasteiger charge is 2.15. The largest absolute Gasteiger partial charge is 0.497 e. The van der Waals surface area contributed by atoms with Crippen LogP contribution >= 0.6 is 11.3 Å². The molecule has 0 fully saturated rings. The molecule has 0 radical (unpaired) electrons. The molecule has 2 aromatic heterocycles. The van der Waals surface area contributed by atoms with E-state index >= 15 is 0 Å². The Labute approximate surface area is 189 Å². The number of nitrogens with one attached hydrogen (secondary N) is 1. The number of carbonyl (C=O) groups is 1. The van der Waals surface area contributed by atoms with Gasteiger partial charge < -0.3 is 19.5 Å². The van der Waals surface area contributed by atoms with E-state index in [9.17, 15) is 4.79 Å². The van der Waals surface area contributed by atoms with Gasteiger partial charge in [0.2, 0.25) is 5.13 Å². The lowest BCUT2D eigenvalue weighted by Gasteiger charge is -2.10. The van der Waals surface area contributed by atoms with Crippen molar-refractivity contribution in [3.05, 3.63) is 65.7 Å². The average molecular weight is 451 g/mol. The van der Waals surface area contributed by atoms with Gasteiger partial charge in [0.25, 0.3) is 5.91 Å². The molecular formula is C23H22N4O4S. The van der Waals surface area contributed by atoms with Gasteiger partial charge >= 0.3 is 0 Å². The van der Waals surface area contributed by atoms with E-state index in [1.165, 1.54) is 11.3 Å². The van der Waals surface area contributed by atoms with Crippen molar-refractivity contribution in [2.75, 3.05) is 26.1 Å². The molecule has 1 amide bonds. The molecule has 9 heteroatoms. The number of benzene rings is 2. The summed E-state index contributed by atoms with van der Waals surface area (Å²) in [7, 11) is 3.19. The second-order valence-corrected chi connectivity index (χ2v) is 7.65. The molecule has 2 aromatic carbocycles. The van der Waals surface area contributed by atoms with E-state index in [1.54, 1.807) is 37.1 Å². The van der Waals surface area contributed by atoms with Gasteiger partial charge in [0.1, 0.15) is 11.6 Å². The summed E-state index contributed by atoms with van der Waals surface area (Å²) < 4.78 is 17.7. The molecule has 0 aliphatic rings. The van der Waals surface area contributed by atoms with Crippen LogP contribution in [0.4, 0.5) is 5.82 Å². The van der Waals surface area contributed by atoms with Crippen LogP contribution in [0, 0.1) is 6.92 Å². The Kier molecular flexibility index (Phi) is 6.37. The van der Waals surface area contributed by atoms with Gasteiger partial charge in [-0.25, -0.2) is 4.98 Å². The van der Waals surface area contributed by atoms with E-state index in [4.69, 9.17) is 14.2 Å². The monoisotopic (exact) mass is 450 g/mol. The first kappa shape index (κ1) is 21.4. The van der Waals surface area contributed by atoms with Crippen LogP contribution in [-0.2, 0) is 4.79 Å². The molecule has 164 valence electrons.